The molecule has 1 aromatic carbocycles. The van der Waals surface area contributed by atoms with Crippen LogP contribution in [0.2, 0.25) is 0 Å². The van der Waals surface area contributed by atoms with Gasteiger partial charge < -0.3 is 9.47 Å². The maximum absolute atomic E-state index is 14.4. The minimum atomic E-state index is -0.576. The first kappa shape index (κ1) is 15.4. The summed E-state index contributed by atoms with van der Waals surface area (Å²) in [6.07, 6.45) is -0.576. The van der Waals surface area contributed by atoms with Gasteiger partial charge in [0.15, 0.2) is 5.82 Å². The standard InChI is InChI=1S/C16H20FNO3/c1-6-20-15(19)18-10(2)7-11-8-12(21-16(3,4)5)9-13(17)14(11)18/h7-9H,6H2,1-5H3. The third-order valence-electron chi connectivity index (χ3n) is 2.88. The average Bonchev–Trinajstić information content (AvgIpc) is 2.63. The molecule has 0 atom stereocenters. The minimum absolute atomic E-state index is 0.215. The number of aryl methyl sites for hydroxylation is 1. The monoisotopic (exact) mass is 293 g/mol. The first-order valence-electron chi connectivity index (χ1n) is 6.90. The fourth-order valence-electron chi connectivity index (χ4n) is 2.24. The molecule has 0 aliphatic carbocycles. The molecule has 0 spiro atoms. The highest BCUT2D eigenvalue weighted by Gasteiger charge is 2.20. The van der Waals surface area contributed by atoms with Crippen molar-refractivity contribution < 1.29 is 18.7 Å². The Hall–Kier alpha value is -2.04. The van der Waals surface area contributed by atoms with E-state index in [1.54, 1.807) is 26.0 Å². The van der Waals surface area contributed by atoms with Gasteiger partial charge in [0.25, 0.3) is 0 Å². The van der Waals surface area contributed by atoms with Gasteiger partial charge in [-0.15, -0.1) is 0 Å². The molecule has 0 saturated heterocycles. The Morgan fingerprint density at radius 1 is 1.29 bits per heavy atom. The lowest BCUT2D eigenvalue weighted by atomic mass is 10.2. The number of carbonyl (C=O) groups is 1. The zero-order valence-corrected chi connectivity index (χ0v) is 13.0. The van der Waals surface area contributed by atoms with Crippen LogP contribution in [0.3, 0.4) is 0 Å². The molecular formula is C16H20FNO3. The number of fused-ring (bicyclic) bond motifs is 1. The fourth-order valence-corrected chi connectivity index (χ4v) is 2.24. The smallest absolute Gasteiger partial charge is 0.418 e. The third kappa shape index (κ3) is 3.17. The molecular weight excluding hydrogens is 273 g/mol. The molecule has 0 amide bonds. The highest BCUT2D eigenvalue weighted by molar-refractivity contribution is 5.92. The van der Waals surface area contributed by atoms with Crippen molar-refractivity contribution in [2.45, 2.75) is 40.2 Å². The van der Waals surface area contributed by atoms with Gasteiger partial charge in [-0.3, -0.25) is 0 Å². The molecule has 0 unspecified atom stereocenters. The quantitative estimate of drug-likeness (QED) is 0.830. The van der Waals surface area contributed by atoms with E-state index in [1.165, 1.54) is 10.6 Å². The lowest BCUT2D eigenvalue weighted by molar-refractivity contribution is 0.130. The van der Waals surface area contributed by atoms with E-state index in [1.807, 2.05) is 20.8 Å². The molecule has 0 aliphatic rings. The van der Waals surface area contributed by atoms with E-state index in [0.717, 1.165) is 0 Å². The summed E-state index contributed by atoms with van der Waals surface area (Å²) >= 11 is 0. The Morgan fingerprint density at radius 3 is 2.52 bits per heavy atom. The molecule has 0 radical (unpaired) electrons. The van der Waals surface area contributed by atoms with E-state index in [9.17, 15) is 9.18 Å². The topological polar surface area (TPSA) is 40.5 Å². The third-order valence-corrected chi connectivity index (χ3v) is 2.88. The van der Waals surface area contributed by atoms with Crippen LogP contribution in [-0.2, 0) is 4.74 Å². The van der Waals surface area contributed by atoms with E-state index in [2.05, 4.69) is 0 Å². The van der Waals surface area contributed by atoms with Crippen molar-refractivity contribution in [3.63, 3.8) is 0 Å². The summed E-state index contributed by atoms with van der Waals surface area (Å²) in [4.78, 5) is 11.9. The number of aromatic nitrogens is 1. The Kier molecular flexibility index (Phi) is 3.94. The Labute approximate surface area is 123 Å². The molecule has 1 heterocycles. The molecule has 4 nitrogen and oxygen atoms in total. The molecule has 0 fully saturated rings. The normalized spacial score (nSPS) is 11.7. The van der Waals surface area contributed by atoms with Crippen molar-refractivity contribution in [3.05, 3.63) is 29.7 Å². The lowest BCUT2D eigenvalue weighted by Crippen LogP contribution is -2.23. The second-order valence-corrected chi connectivity index (χ2v) is 5.88. The van der Waals surface area contributed by atoms with Crippen LogP contribution in [0.5, 0.6) is 5.75 Å². The lowest BCUT2D eigenvalue weighted by Gasteiger charge is -2.21. The van der Waals surface area contributed by atoms with E-state index < -0.39 is 17.5 Å². The summed E-state index contributed by atoms with van der Waals surface area (Å²) in [5, 5.41) is 0.611. The van der Waals surface area contributed by atoms with Gasteiger partial charge in [0.05, 0.1) is 12.1 Å². The van der Waals surface area contributed by atoms with E-state index >= 15 is 0 Å². The Bertz CT molecular complexity index is 683. The molecule has 0 bridgehead atoms. The first-order valence-corrected chi connectivity index (χ1v) is 6.90. The van der Waals surface area contributed by atoms with Crippen LogP contribution >= 0.6 is 0 Å². The van der Waals surface area contributed by atoms with E-state index in [-0.39, 0.29) is 12.1 Å². The van der Waals surface area contributed by atoms with Crippen LogP contribution in [0.4, 0.5) is 9.18 Å². The number of rotatable bonds is 2. The summed E-state index contributed by atoms with van der Waals surface area (Å²) in [5.74, 6) is -0.0681. The number of carbonyl (C=O) groups excluding carboxylic acids is 1. The molecule has 2 aromatic rings. The number of nitrogens with zero attached hydrogens (tertiary/aromatic N) is 1. The highest BCUT2D eigenvalue weighted by atomic mass is 19.1. The number of halogens is 1. The van der Waals surface area contributed by atoms with Crippen molar-refractivity contribution in [1.29, 1.82) is 0 Å². The summed E-state index contributed by atoms with van der Waals surface area (Å²) in [6.45, 7) is 9.37. The fraction of sp³-hybridized carbons (Fsp3) is 0.438. The summed E-state index contributed by atoms with van der Waals surface area (Å²) in [6, 6.07) is 4.76. The first-order chi connectivity index (χ1) is 9.73. The van der Waals surface area contributed by atoms with Crippen LogP contribution in [-0.4, -0.2) is 22.9 Å². The zero-order chi connectivity index (χ0) is 15.8. The molecule has 1 aromatic heterocycles. The molecule has 0 aliphatic heterocycles. The van der Waals surface area contributed by atoms with Crippen LogP contribution < -0.4 is 4.74 Å². The molecule has 0 saturated carbocycles. The Morgan fingerprint density at radius 2 is 1.95 bits per heavy atom. The van der Waals surface area contributed by atoms with Crippen molar-refractivity contribution in [1.82, 2.24) is 4.57 Å². The van der Waals surface area contributed by atoms with Gasteiger partial charge in [-0.2, -0.15) is 0 Å². The summed E-state index contributed by atoms with van der Waals surface area (Å²) in [5.41, 5.74) is 0.418. The molecule has 2 rings (SSSR count). The maximum atomic E-state index is 14.4. The van der Waals surface area contributed by atoms with Crippen LogP contribution in [0.25, 0.3) is 10.9 Å². The van der Waals surface area contributed by atoms with Crippen molar-refractivity contribution in [3.8, 4) is 5.75 Å². The highest BCUT2D eigenvalue weighted by Crippen LogP contribution is 2.29. The van der Waals surface area contributed by atoms with Crippen molar-refractivity contribution in [2.75, 3.05) is 6.61 Å². The predicted molar refractivity (Wildman–Crippen MR) is 79.4 cm³/mol. The van der Waals surface area contributed by atoms with Gasteiger partial charge in [0, 0.05) is 17.1 Å². The van der Waals surface area contributed by atoms with Gasteiger partial charge in [0.2, 0.25) is 0 Å². The van der Waals surface area contributed by atoms with Gasteiger partial charge in [-0.1, -0.05) is 0 Å². The van der Waals surface area contributed by atoms with Crippen LogP contribution in [0, 0.1) is 12.7 Å². The van der Waals surface area contributed by atoms with Crippen LogP contribution in [0.15, 0.2) is 18.2 Å². The van der Waals surface area contributed by atoms with E-state index in [4.69, 9.17) is 9.47 Å². The average molecular weight is 293 g/mol. The summed E-state index contributed by atoms with van der Waals surface area (Å²) in [7, 11) is 0. The molecule has 114 valence electrons. The van der Waals surface area contributed by atoms with Gasteiger partial charge in [-0.25, -0.2) is 13.8 Å². The Balaban J connectivity index is 2.56. The van der Waals surface area contributed by atoms with Gasteiger partial charge >= 0.3 is 6.09 Å². The van der Waals surface area contributed by atoms with Crippen LogP contribution in [0.1, 0.15) is 33.4 Å². The second-order valence-electron chi connectivity index (χ2n) is 5.88. The zero-order valence-electron chi connectivity index (χ0n) is 13.0. The predicted octanol–water partition coefficient (Wildman–Crippen LogP) is 4.27. The molecule has 0 N–H and O–H groups in total. The number of hydrogen-bond acceptors (Lipinski definition) is 3. The minimum Gasteiger partial charge on any atom is -0.488 e. The van der Waals surface area contributed by atoms with Crippen molar-refractivity contribution >= 4 is 17.0 Å². The molecule has 21 heavy (non-hydrogen) atoms. The van der Waals surface area contributed by atoms with Gasteiger partial charge in [-0.05, 0) is 46.8 Å². The second kappa shape index (κ2) is 5.39. The largest absolute Gasteiger partial charge is 0.488 e. The maximum Gasteiger partial charge on any atom is 0.418 e. The van der Waals surface area contributed by atoms with Crippen molar-refractivity contribution in [2.24, 2.45) is 0 Å². The van der Waals surface area contributed by atoms with E-state index in [0.29, 0.717) is 16.8 Å². The number of ether oxygens (including phenoxy) is 2. The van der Waals surface area contributed by atoms with Gasteiger partial charge in [0.1, 0.15) is 11.4 Å². The summed E-state index contributed by atoms with van der Waals surface area (Å²) < 4.78 is 26.3. The molecule has 5 heteroatoms. The number of benzene rings is 1. The number of hydrogen-bond donors (Lipinski definition) is 0. The SMILES string of the molecule is CCOC(=O)n1c(C)cc2cc(OC(C)(C)C)cc(F)c21.